The molecule has 0 aliphatic rings. The maximum absolute atomic E-state index is 12.7. The van der Waals surface area contributed by atoms with E-state index in [1.54, 1.807) is 24.4 Å². The normalized spacial score (nSPS) is 10.6. The fraction of sp³-hybridized carbons (Fsp3) is 0.100. The van der Waals surface area contributed by atoms with Gasteiger partial charge in [0, 0.05) is 11.2 Å². The standard InChI is InChI=1S/C20H16Cl2N2O2/c1-13-4-6-14(7-5-13)12-24-10-2-3-16(20(24)26)19(25)23-18-9-8-15(21)11-17(18)22/h2-11H,12H2,1H3,(H,23,25). The fourth-order valence-corrected chi connectivity index (χ4v) is 2.96. The topological polar surface area (TPSA) is 51.1 Å². The van der Waals surface area contributed by atoms with Crippen LogP contribution in [-0.4, -0.2) is 10.5 Å². The van der Waals surface area contributed by atoms with Gasteiger partial charge in [-0.1, -0.05) is 53.0 Å². The van der Waals surface area contributed by atoms with Crippen LogP contribution in [0.5, 0.6) is 0 Å². The van der Waals surface area contributed by atoms with Crippen LogP contribution in [0.2, 0.25) is 10.0 Å². The molecule has 3 aromatic rings. The van der Waals surface area contributed by atoms with Crippen molar-refractivity contribution in [2.45, 2.75) is 13.5 Å². The van der Waals surface area contributed by atoms with Crippen molar-refractivity contribution in [3.63, 3.8) is 0 Å². The lowest BCUT2D eigenvalue weighted by Gasteiger charge is -2.10. The summed E-state index contributed by atoms with van der Waals surface area (Å²) in [6.07, 6.45) is 1.66. The van der Waals surface area contributed by atoms with Gasteiger partial charge < -0.3 is 9.88 Å². The van der Waals surface area contributed by atoms with Gasteiger partial charge in [-0.25, -0.2) is 0 Å². The van der Waals surface area contributed by atoms with E-state index >= 15 is 0 Å². The zero-order valence-electron chi connectivity index (χ0n) is 14.0. The van der Waals surface area contributed by atoms with Crippen LogP contribution < -0.4 is 10.9 Å². The van der Waals surface area contributed by atoms with Gasteiger partial charge in [0.1, 0.15) is 5.56 Å². The van der Waals surface area contributed by atoms with E-state index in [1.165, 1.54) is 16.7 Å². The van der Waals surface area contributed by atoms with Gasteiger partial charge in [0.25, 0.3) is 11.5 Å². The van der Waals surface area contributed by atoms with Crippen molar-refractivity contribution in [3.05, 3.63) is 97.9 Å². The van der Waals surface area contributed by atoms with Gasteiger partial charge in [-0.3, -0.25) is 9.59 Å². The quantitative estimate of drug-likeness (QED) is 0.702. The minimum Gasteiger partial charge on any atom is -0.320 e. The molecule has 26 heavy (non-hydrogen) atoms. The minimum atomic E-state index is -0.516. The monoisotopic (exact) mass is 386 g/mol. The second-order valence-corrected chi connectivity index (χ2v) is 6.76. The zero-order chi connectivity index (χ0) is 18.7. The SMILES string of the molecule is Cc1ccc(Cn2cccc(C(=O)Nc3ccc(Cl)cc3Cl)c2=O)cc1. The summed E-state index contributed by atoms with van der Waals surface area (Å²) in [5, 5.41) is 3.42. The highest BCUT2D eigenvalue weighted by Gasteiger charge is 2.14. The number of rotatable bonds is 4. The fourth-order valence-electron chi connectivity index (χ4n) is 2.50. The summed E-state index contributed by atoms with van der Waals surface area (Å²) in [7, 11) is 0. The first-order valence-corrected chi connectivity index (χ1v) is 8.71. The first-order chi connectivity index (χ1) is 12.4. The highest BCUT2D eigenvalue weighted by molar-refractivity contribution is 6.36. The highest BCUT2D eigenvalue weighted by atomic mass is 35.5. The molecule has 0 aliphatic carbocycles. The summed E-state index contributed by atoms with van der Waals surface area (Å²) in [4.78, 5) is 25.2. The predicted octanol–water partition coefficient (Wildman–Crippen LogP) is 4.76. The van der Waals surface area contributed by atoms with Crippen LogP contribution in [0.25, 0.3) is 0 Å². The number of carbonyl (C=O) groups excluding carboxylic acids is 1. The zero-order valence-corrected chi connectivity index (χ0v) is 15.5. The van der Waals surface area contributed by atoms with E-state index in [2.05, 4.69) is 5.32 Å². The lowest BCUT2D eigenvalue weighted by molar-refractivity contribution is 0.102. The molecule has 0 spiro atoms. The summed E-state index contributed by atoms with van der Waals surface area (Å²) in [6, 6.07) is 15.8. The van der Waals surface area contributed by atoms with E-state index in [1.807, 2.05) is 31.2 Å². The predicted molar refractivity (Wildman–Crippen MR) is 105 cm³/mol. The van der Waals surface area contributed by atoms with E-state index < -0.39 is 5.91 Å². The molecule has 0 fully saturated rings. The summed E-state index contributed by atoms with van der Waals surface area (Å²) in [5.41, 5.74) is 2.21. The third-order valence-electron chi connectivity index (χ3n) is 3.92. The number of amides is 1. The van der Waals surface area contributed by atoms with Crippen molar-refractivity contribution in [1.82, 2.24) is 4.57 Å². The molecule has 1 amide bonds. The number of nitrogens with one attached hydrogen (secondary N) is 1. The molecule has 0 saturated carbocycles. The summed E-state index contributed by atoms with van der Waals surface area (Å²) >= 11 is 11.9. The van der Waals surface area contributed by atoms with Gasteiger partial charge >= 0.3 is 0 Å². The maximum atomic E-state index is 12.7. The first-order valence-electron chi connectivity index (χ1n) is 7.95. The van der Waals surface area contributed by atoms with Crippen LogP contribution in [0, 0.1) is 6.92 Å². The summed E-state index contributed by atoms with van der Waals surface area (Å²) in [6.45, 7) is 2.39. The second kappa shape index (κ2) is 7.77. The minimum absolute atomic E-state index is 0.0469. The van der Waals surface area contributed by atoms with Gasteiger partial charge in [0.2, 0.25) is 0 Å². The molecular weight excluding hydrogens is 371 g/mol. The van der Waals surface area contributed by atoms with Gasteiger partial charge in [-0.2, -0.15) is 0 Å². The van der Waals surface area contributed by atoms with E-state index in [0.717, 1.165) is 11.1 Å². The van der Waals surface area contributed by atoms with Crippen molar-refractivity contribution < 1.29 is 4.79 Å². The third-order valence-corrected chi connectivity index (χ3v) is 4.47. The van der Waals surface area contributed by atoms with Crippen LogP contribution in [0.15, 0.2) is 65.6 Å². The Labute approximate surface area is 161 Å². The van der Waals surface area contributed by atoms with Crippen LogP contribution in [0.4, 0.5) is 5.69 Å². The number of halogens is 2. The largest absolute Gasteiger partial charge is 0.320 e. The van der Waals surface area contributed by atoms with Crippen molar-refractivity contribution in [3.8, 4) is 0 Å². The molecule has 0 radical (unpaired) electrons. The Hall–Kier alpha value is -2.56. The van der Waals surface area contributed by atoms with E-state index in [9.17, 15) is 9.59 Å². The number of aromatic nitrogens is 1. The number of benzene rings is 2. The molecule has 6 heteroatoms. The number of aryl methyl sites for hydroxylation is 1. The Morgan fingerprint density at radius 2 is 1.81 bits per heavy atom. The lowest BCUT2D eigenvalue weighted by atomic mass is 10.1. The molecule has 0 atom stereocenters. The molecular formula is C20H16Cl2N2O2. The molecule has 2 aromatic carbocycles. The molecule has 0 bridgehead atoms. The number of carbonyl (C=O) groups is 1. The second-order valence-electron chi connectivity index (χ2n) is 5.92. The van der Waals surface area contributed by atoms with Crippen molar-refractivity contribution in [1.29, 1.82) is 0 Å². The smallest absolute Gasteiger partial charge is 0.263 e. The van der Waals surface area contributed by atoms with Gasteiger partial charge in [0.05, 0.1) is 17.3 Å². The van der Waals surface area contributed by atoms with Crippen molar-refractivity contribution in [2.75, 3.05) is 5.32 Å². The molecule has 1 N–H and O–H groups in total. The Balaban J connectivity index is 1.85. The van der Waals surface area contributed by atoms with E-state index in [4.69, 9.17) is 23.2 Å². The Morgan fingerprint density at radius 1 is 1.08 bits per heavy atom. The van der Waals surface area contributed by atoms with Crippen LogP contribution in [0.1, 0.15) is 21.5 Å². The van der Waals surface area contributed by atoms with Crippen LogP contribution >= 0.6 is 23.2 Å². The molecule has 4 nitrogen and oxygen atoms in total. The number of anilines is 1. The summed E-state index contributed by atoms with van der Waals surface area (Å²) < 4.78 is 1.50. The van der Waals surface area contributed by atoms with E-state index in [-0.39, 0.29) is 11.1 Å². The average Bonchev–Trinajstić information content (AvgIpc) is 2.61. The van der Waals surface area contributed by atoms with E-state index in [0.29, 0.717) is 22.3 Å². The molecule has 3 rings (SSSR count). The molecule has 132 valence electrons. The van der Waals surface area contributed by atoms with Gasteiger partial charge in [0.15, 0.2) is 0 Å². The Bertz CT molecular complexity index is 1010. The average molecular weight is 387 g/mol. The number of nitrogens with zero attached hydrogens (tertiary/aromatic N) is 1. The third kappa shape index (κ3) is 4.15. The number of hydrogen-bond donors (Lipinski definition) is 1. The molecule has 1 aromatic heterocycles. The van der Waals surface area contributed by atoms with Gasteiger partial charge in [-0.15, -0.1) is 0 Å². The molecule has 0 aliphatic heterocycles. The number of pyridine rings is 1. The highest BCUT2D eigenvalue weighted by Crippen LogP contribution is 2.25. The molecule has 0 unspecified atom stereocenters. The Morgan fingerprint density at radius 3 is 2.50 bits per heavy atom. The maximum Gasteiger partial charge on any atom is 0.263 e. The Kier molecular flexibility index (Phi) is 5.45. The number of hydrogen-bond acceptors (Lipinski definition) is 2. The van der Waals surface area contributed by atoms with Crippen molar-refractivity contribution >= 4 is 34.8 Å². The van der Waals surface area contributed by atoms with Gasteiger partial charge in [-0.05, 0) is 42.8 Å². The van der Waals surface area contributed by atoms with Crippen LogP contribution in [0.3, 0.4) is 0 Å². The lowest BCUT2D eigenvalue weighted by Crippen LogP contribution is -2.29. The molecule has 1 heterocycles. The molecule has 0 saturated heterocycles. The van der Waals surface area contributed by atoms with Crippen molar-refractivity contribution in [2.24, 2.45) is 0 Å². The van der Waals surface area contributed by atoms with Crippen LogP contribution in [-0.2, 0) is 6.54 Å². The summed E-state index contributed by atoms with van der Waals surface area (Å²) in [5.74, 6) is -0.516. The first kappa shape index (κ1) is 18.2.